The molecule has 3 heteroatoms. The molecule has 0 aromatic heterocycles. The van der Waals surface area contributed by atoms with Crippen molar-refractivity contribution in [3.63, 3.8) is 0 Å². The van der Waals surface area contributed by atoms with Gasteiger partial charge in [-0.2, -0.15) is 0 Å². The van der Waals surface area contributed by atoms with Crippen molar-refractivity contribution in [2.75, 3.05) is 13.1 Å². The maximum Gasteiger partial charge on any atom is 0.179 e. The minimum Gasteiger partial charge on any atom is -0.508 e. The van der Waals surface area contributed by atoms with Gasteiger partial charge in [-0.3, -0.25) is 9.69 Å². The van der Waals surface area contributed by atoms with E-state index in [2.05, 4.69) is 11.8 Å². The number of carbonyl (C=O) groups is 1. The quantitative estimate of drug-likeness (QED) is 0.832. The van der Waals surface area contributed by atoms with Gasteiger partial charge in [-0.25, -0.2) is 0 Å². The Morgan fingerprint density at radius 1 is 1.39 bits per heavy atom. The van der Waals surface area contributed by atoms with E-state index in [1.165, 1.54) is 12.8 Å². The number of aromatic hydroxyl groups is 1. The zero-order valence-electron chi connectivity index (χ0n) is 11.1. The fraction of sp³-hybridized carbons (Fsp3) is 0.533. The lowest BCUT2D eigenvalue weighted by Crippen LogP contribution is -2.38. The maximum absolute atomic E-state index is 12.5. The summed E-state index contributed by atoms with van der Waals surface area (Å²) < 4.78 is 0. The van der Waals surface area contributed by atoms with Crippen molar-refractivity contribution in [1.29, 1.82) is 0 Å². The van der Waals surface area contributed by atoms with Crippen LogP contribution in [-0.2, 0) is 0 Å². The average molecular weight is 247 g/mol. The number of carbonyl (C=O) groups excluding carboxylic acids is 1. The molecule has 0 amide bonds. The zero-order valence-corrected chi connectivity index (χ0v) is 11.1. The number of ketones is 1. The normalized spacial score (nSPS) is 17.9. The van der Waals surface area contributed by atoms with Crippen molar-refractivity contribution < 1.29 is 9.90 Å². The van der Waals surface area contributed by atoms with E-state index in [0.717, 1.165) is 25.1 Å². The molecule has 1 N–H and O–H groups in total. The van der Waals surface area contributed by atoms with E-state index in [9.17, 15) is 9.90 Å². The topological polar surface area (TPSA) is 40.5 Å². The van der Waals surface area contributed by atoms with E-state index in [1.807, 2.05) is 6.92 Å². The Morgan fingerprint density at radius 2 is 2.06 bits per heavy atom. The highest BCUT2D eigenvalue weighted by molar-refractivity contribution is 6.00. The third kappa shape index (κ3) is 2.56. The molecule has 1 aromatic rings. The summed E-state index contributed by atoms with van der Waals surface area (Å²) in [7, 11) is 0. The van der Waals surface area contributed by atoms with Gasteiger partial charge in [-0.1, -0.05) is 6.92 Å². The first kappa shape index (κ1) is 13.1. The standard InChI is InChI=1S/C15H21NO2/c1-3-13(16-8-4-5-9-16)15(18)12-6-7-14(17)11(2)10-12/h6-7,10,13,17H,3-5,8-9H2,1-2H3. The Kier molecular flexibility index (Phi) is 4.02. The van der Waals surface area contributed by atoms with Gasteiger partial charge in [-0.05, 0) is 63.0 Å². The number of phenolic OH excluding ortho intramolecular Hbond substituents is 1. The predicted molar refractivity (Wildman–Crippen MR) is 72.1 cm³/mol. The van der Waals surface area contributed by atoms with Crippen molar-refractivity contribution in [2.45, 2.75) is 39.2 Å². The van der Waals surface area contributed by atoms with Crippen LogP contribution in [0.1, 0.15) is 42.1 Å². The number of benzene rings is 1. The Bertz CT molecular complexity index is 436. The molecule has 1 aromatic carbocycles. The molecule has 1 aliphatic rings. The third-order valence-corrected chi connectivity index (χ3v) is 3.75. The summed E-state index contributed by atoms with van der Waals surface area (Å²) in [4.78, 5) is 14.8. The van der Waals surface area contributed by atoms with Crippen LogP contribution in [0.4, 0.5) is 0 Å². The summed E-state index contributed by atoms with van der Waals surface area (Å²) in [5.74, 6) is 0.434. The monoisotopic (exact) mass is 247 g/mol. The number of phenols is 1. The van der Waals surface area contributed by atoms with Crippen molar-refractivity contribution in [1.82, 2.24) is 4.90 Å². The van der Waals surface area contributed by atoms with Gasteiger partial charge in [0.1, 0.15) is 5.75 Å². The second-order valence-electron chi connectivity index (χ2n) is 5.03. The van der Waals surface area contributed by atoms with E-state index < -0.39 is 0 Å². The predicted octanol–water partition coefficient (Wildman–Crippen LogP) is 2.76. The molecule has 1 fully saturated rings. The van der Waals surface area contributed by atoms with Gasteiger partial charge in [0.2, 0.25) is 0 Å². The number of aryl methyl sites for hydroxylation is 1. The van der Waals surface area contributed by atoms with Crippen molar-refractivity contribution in [3.8, 4) is 5.75 Å². The summed E-state index contributed by atoms with van der Waals surface area (Å²) in [5.41, 5.74) is 1.47. The summed E-state index contributed by atoms with van der Waals surface area (Å²) in [6.07, 6.45) is 3.23. The first-order valence-corrected chi connectivity index (χ1v) is 6.71. The second-order valence-corrected chi connectivity index (χ2v) is 5.03. The van der Waals surface area contributed by atoms with Crippen LogP contribution in [0.15, 0.2) is 18.2 Å². The van der Waals surface area contributed by atoms with Gasteiger partial charge in [0, 0.05) is 5.56 Å². The highest BCUT2D eigenvalue weighted by atomic mass is 16.3. The molecule has 1 atom stereocenters. The highest BCUT2D eigenvalue weighted by Gasteiger charge is 2.27. The molecule has 2 rings (SSSR count). The molecule has 0 radical (unpaired) electrons. The van der Waals surface area contributed by atoms with E-state index in [0.29, 0.717) is 5.56 Å². The minimum absolute atomic E-state index is 0.00329. The van der Waals surface area contributed by atoms with E-state index >= 15 is 0 Å². The van der Waals surface area contributed by atoms with Gasteiger partial charge in [0.15, 0.2) is 5.78 Å². The fourth-order valence-electron chi connectivity index (χ4n) is 2.66. The third-order valence-electron chi connectivity index (χ3n) is 3.75. The minimum atomic E-state index is -0.00329. The van der Waals surface area contributed by atoms with Crippen LogP contribution in [0.2, 0.25) is 0 Å². The SMILES string of the molecule is CCC(C(=O)c1ccc(O)c(C)c1)N1CCCC1. The lowest BCUT2D eigenvalue weighted by Gasteiger charge is -2.25. The van der Waals surface area contributed by atoms with Gasteiger partial charge < -0.3 is 5.11 Å². The largest absolute Gasteiger partial charge is 0.508 e. The van der Waals surface area contributed by atoms with Crippen LogP contribution in [-0.4, -0.2) is 34.9 Å². The number of hydrogen-bond acceptors (Lipinski definition) is 3. The first-order chi connectivity index (χ1) is 8.63. The van der Waals surface area contributed by atoms with Gasteiger partial charge in [0.05, 0.1) is 6.04 Å². The Balaban J connectivity index is 2.19. The molecule has 0 bridgehead atoms. The van der Waals surface area contributed by atoms with E-state index in [-0.39, 0.29) is 17.6 Å². The molecule has 1 saturated heterocycles. The maximum atomic E-state index is 12.5. The smallest absolute Gasteiger partial charge is 0.179 e. The van der Waals surface area contributed by atoms with Gasteiger partial charge >= 0.3 is 0 Å². The summed E-state index contributed by atoms with van der Waals surface area (Å²) in [6, 6.07) is 5.12. The summed E-state index contributed by atoms with van der Waals surface area (Å²) in [6.45, 7) is 5.94. The molecular formula is C15H21NO2. The average Bonchev–Trinajstić information content (AvgIpc) is 2.87. The number of hydrogen-bond donors (Lipinski definition) is 1. The molecule has 1 heterocycles. The van der Waals surface area contributed by atoms with Crippen molar-refractivity contribution in [2.24, 2.45) is 0 Å². The van der Waals surface area contributed by atoms with Crippen LogP contribution in [0.3, 0.4) is 0 Å². The van der Waals surface area contributed by atoms with Crippen LogP contribution >= 0.6 is 0 Å². The van der Waals surface area contributed by atoms with Crippen molar-refractivity contribution in [3.05, 3.63) is 29.3 Å². The molecule has 3 nitrogen and oxygen atoms in total. The lowest BCUT2D eigenvalue weighted by molar-refractivity contribution is 0.0844. The van der Waals surface area contributed by atoms with Gasteiger partial charge in [-0.15, -0.1) is 0 Å². The lowest BCUT2D eigenvalue weighted by atomic mass is 9.99. The fourth-order valence-corrected chi connectivity index (χ4v) is 2.66. The Hall–Kier alpha value is -1.35. The van der Waals surface area contributed by atoms with Crippen molar-refractivity contribution >= 4 is 5.78 Å². The number of nitrogens with zero attached hydrogens (tertiary/aromatic N) is 1. The highest BCUT2D eigenvalue weighted by Crippen LogP contribution is 2.22. The van der Waals surface area contributed by atoms with Crippen LogP contribution in [0, 0.1) is 6.92 Å². The molecular weight excluding hydrogens is 226 g/mol. The molecule has 1 aliphatic heterocycles. The Labute approximate surface area is 108 Å². The van der Waals surface area contributed by atoms with Crippen LogP contribution in [0.25, 0.3) is 0 Å². The number of likely N-dealkylation sites (tertiary alicyclic amines) is 1. The zero-order chi connectivity index (χ0) is 13.1. The molecule has 98 valence electrons. The van der Waals surface area contributed by atoms with E-state index in [1.54, 1.807) is 18.2 Å². The van der Waals surface area contributed by atoms with Gasteiger partial charge in [0.25, 0.3) is 0 Å². The first-order valence-electron chi connectivity index (χ1n) is 6.71. The summed E-state index contributed by atoms with van der Waals surface area (Å²) in [5, 5.41) is 9.51. The molecule has 18 heavy (non-hydrogen) atoms. The molecule has 0 spiro atoms. The number of rotatable bonds is 4. The second kappa shape index (κ2) is 5.53. The number of Topliss-reactive ketones (excluding diaryl/α,β-unsaturated/α-hetero) is 1. The Morgan fingerprint density at radius 3 is 2.61 bits per heavy atom. The van der Waals surface area contributed by atoms with Crippen LogP contribution in [0.5, 0.6) is 5.75 Å². The van der Waals surface area contributed by atoms with E-state index in [4.69, 9.17) is 0 Å². The molecule has 0 saturated carbocycles. The van der Waals surface area contributed by atoms with Crippen LogP contribution < -0.4 is 0 Å². The summed E-state index contributed by atoms with van der Waals surface area (Å²) >= 11 is 0. The molecule has 1 unspecified atom stereocenters. The molecule has 0 aliphatic carbocycles.